The lowest BCUT2D eigenvalue weighted by Gasteiger charge is -2.13. The monoisotopic (exact) mass is 350 g/mol. The summed E-state index contributed by atoms with van der Waals surface area (Å²) in [5, 5.41) is 5.36. The predicted octanol–water partition coefficient (Wildman–Crippen LogP) is 0.696. The first kappa shape index (κ1) is 17.3. The van der Waals surface area contributed by atoms with Crippen molar-refractivity contribution in [2.24, 2.45) is 7.05 Å². The molecule has 1 saturated heterocycles. The number of carbonyl (C=O) groups excluding carboxylic acids is 2. The molecule has 3 amide bonds. The Morgan fingerprint density at radius 3 is 2.69 bits per heavy atom. The average Bonchev–Trinajstić information content (AvgIpc) is 3.07. The minimum Gasteiger partial charge on any atom is -0.341 e. The standard InChI is InChI=1S/C19H18N4O3/c1-22-12-3-5-16(18(22)25)17(24)20-10-2-4-14-6-8-15(9-7-14)23-13-11-21-19(23)26/h3,5-9,12H,10-11,13H2,1H3,(H,20,24)(H,21,26). The van der Waals surface area contributed by atoms with Crippen molar-refractivity contribution in [3.05, 3.63) is 64.1 Å². The molecule has 2 N–H and O–H groups in total. The van der Waals surface area contributed by atoms with Gasteiger partial charge in [0.05, 0.1) is 6.54 Å². The summed E-state index contributed by atoms with van der Waals surface area (Å²) in [6.45, 7) is 1.42. The number of hydrogen-bond donors (Lipinski definition) is 2. The van der Waals surface area contributed by atoms with E-state index in [-0.39, 0.29) is 23.7 Å². The highest BCUT2D eigenvalue weighted by atomic mass is 16.2. The molecule has 0 spiro atoms. The molecule has 0 saturated carbocycles. The van der Waals surface area contributed by atoms with Crippen LogP contribution in [0.4, 0.5) is 10.5 Å². The van der Waals surface area contributed by atoms with Gasteiger partial charge in [-0.2, -0.15) is 0 Å². The van der Waals surface area contributed by atoms with Gasteiger partial charge in [0.2, 0.25) is 0 Å². The first-order valence-corrected chi connectivity index (χ1v) is 8.14. The zero-order chi connectivity index (χ0) is 18.5. The van der Waals surface area contributed by atoms with Gasteiger partial charge in [-0.15, -0.1) is 0 Å². The fourth-order valence-electron chi connectivity index (χ4n) is 2.58. The number of nitrogens with one attached hydrogen (secondary N) is 2. The minimum atomic E-state index is -0.448. The first-order chi connectivity index (χ1) is 12.6. The van der Waals surface area contributed by atoms with E-state index in [0.29, 0.717) is 13.1 Å². The van der Waals surface area contributed by atoms with Crippen LogP contribution < -0.4 is 21.1 Å². The second-order valence-electron chi connectivity index (χ2n) is 5.75. The lowest BCUT2D eigenvalue weighted by atomic mass is 10.2. The van der Waals surface area contributed by atoms with Crippen molar-refractivity contribution in [3.8, 4) is 11.8 Å². The predicted molar refractivity (Wildman–Crippen MR) is 98.1 cm³/mol. The van der Waals surface area contributed by atoms with Crippen LogP contribution in [0, 0.1) is 11.8 Å². The highest BCUT2D eigenvalue weighted by Crippen LogP contribution is 2.16. The van der Waals surface area contributed by atoms with E-state index in [1.165, 1.54) is 10.6 Å². The lowest BCUT2D eigenvalue weighted by molar-refractivity contribution is 0.0956. The summed E-state index contributed by atoms with van der Waals surface area (Å²) in [5.74, 6) is 5.34. The fourth-order valence-corrected chi connectivity index (χ4v) is 2.58. The zero-order valence-electron chi connectivity index (χ0n) is 14.3. The summed E-state index contributed by atoms with van der Waals surface area (Å²) >= 11 is 0. The summed E-state index contributed by atoms with van der Waals surface area (Å²) in [6.07, 6.45) is 1.59. The van der Waals surface area contributed by atoms with Crippen molar-refractivity contribution in [3.63, 3.8) is 0 Å². The Hall–Kier alpha value is -3.53. The molecule has 7 nitrogen and oxygen atoms in total. The van der Waals surface area contributed by atoms with Crippen molar-refractivity contribution in [1.29, 1.82) is 0 Å². The Kier molecular flexibility index (Phi) is 5.04. The third-order valence-corrected chi connectivity index (χ3v) is 3.97. The van der Waals surface area contributed by atoms with Crippen molar-refractivity contribution in [2.75, 3.05) is 24.5 Å². The van der Waals surface area contributed by atoms with E-state index >= 15 is 0 Å². The number of benzene rings is 1. The Labute approximate surface area is 150 Å². The summed E-state index contributed by atoms with van der Waals surface area (Å²) in [6, 6.07) is 10.3. The van der Waals surface area contributed by atoms with Gasteiger partial charge in [0.25, 0.3) is 11.5 Å². The smallest absolute Gasteiger partial charge is 0.321 e. The number of amides is 3. The highest BCUT2D eigenvalue weighted by molar-refractivity contribution is 5.94. The van der Waals surface area contributed by atoms with Crippen LogP contribution in [0.3, 0.4) is 0 Å². The summed E-state index contributed by atoms with van der Waals surface area (Å²) in [5.41, 5.74) is 1.33. The van der Waals surface area contributed by atoms with Crippen LogP contribution in [-0.4, -0.2) is 36.1 Å². The maximum absolute atomic E-state index is 12.0. The third-order valence-electron chi connectivity index (χ3n) is 3.97. The highest BCUT2D eigenvalue weighted by Gasteiger charge is 2.20. The number of aromatic nitrogens is 1. The van der Waals surface area contributed by atoms with Crippen LogP contribution in [0.1, 0.15) is 15.9 Å². The van der Waals surface area contributed by atoms with Gasteiger partial charge in [0, 0.05) is 37.6 Å². The van der Waals surface area contributed by atoms with Gasteiger partial charge in [-0.25, -0.2) is 4.79 Å². The van der Waals surface area contributed by atoms with Gasteiger partial charge in [0.15, 0.2) is 0 Å². The first-order valence-electron chi connectivity index (χ1n) is 8.14. The molecule has 1 aromatic heterocycles. The van der Waals surface area contributed by atoms with Crippen LogP contribution in [0.2, 0.25) is 0 Å². The molecule has 2 heterocycles. The number of anilines is 1. The van der Waals surface area contributed by atoms with Crippen molar-refractivity contribution in [1.82, 2.24) is 15.2 Å². The van der Waals surface area contributed by atoms with E-state index in [1.807, 2.05) is 24.3 Å². The summed E-state index contributed by atoms with van der Waals surface area (Å²) < 4.78 is 1.35. The number of nitrogens with zero attached hydrogens (tertiary/aromatic N) is 2. The molecule has 2 aromatic rings. The minimum absolute atomic E-state index is 0.0880. The molecule has 1 fully saturated rings. The van der Waals surface area contributed by atoms with E-state index in [1.54, 1.807) is 24.2 Å². The topological polar surface area (TPSA) is 83.4 Å². The van der Waals surface area contributed by atoms with Crippen molar-refractivity contribution >= 4 is 17.6 Å². The maximum atomic E-state index is 12.0. The van der Waals surface area contributed by atoms with Crippen LogP contribution in [-0.2, 0) is 7.05 Å². The summed E-state index contributed by atoms with van der Waals surface area (Å²) in [7, 11) is 1.59. The number of urea groups is 1. The van der Waals surface area contributed by atoms with Crippen LogP contribution >= 0.6 is 0 Å². The molecule has 0 atom stereocenters. The SMILES string of the molecule is Cn1cccc(C(=O)NCC#Cc2ccc(N3CCNC3=O)cc2)c1=O. The number of rotatable bonds is 3. The molecule has 132 valence electrons. The molecular formula is C19H18N4O3. The maximum Gasteiger partial charge on any atom is 0.321 e. The van der Waals surface area contributed by atoms with Crippen molar-refractivity contribution in [2.45, 2.75) is 0 Å². The number of carbonyl (C=O) groups is 2. The number of pyridine rings is 1. The molecule has 1 aliphatic heterocycles. The average molecular weight is 350 g/mol. The van der Waals surface area contributed by atoms with Gasteiger partial charge >= 0.3 is 6.03 Å². The van der Waals surface area contributed by atoms with E-state index in [2.05, 4.69) is 22.5 Å². The van der Waals surface area contributed by atoms with E-state index < -0.39 is 5.91 Å². The van der Waals surface area contributed by atoms with E-state index in [4.69, 9.17) is 0 Å². The molecule has 0 unspecified atom stereocenters. The number of aryl methyl sites for hydroxylation is 1. The number of hydrogen-bond acceptors (Lipinski definition) is 3. The molecule has 3 rings (SSSR count). The zero-order valence-corrected chi connectivity index (χ0v) is 14.3. The van der Waals surface area contributed by atoms with Gasteiger partial charge in [-0.05, 0) is 36.4 Å². The second-order valence-corrected chi connectivity index (χ2v) is 5.75. The largest absolute Gasteiger partial charge is 0.341 e. The molecule has 0 bridgehead atoms. The second kappa shape index (κ2) is 7.57. The fraction of sp³-hybridized carbons (Fsp3) is 0.211. The Bertz CT molecular complexity index is 951. The molecule has 0 aliphatic carbocycles. The van der Waals surface area contributed by atoms with E-state index in [0.717, 1.165) is 11.3 Å². The van der Waals surface area contributed by atoms with Crippen LogP contribution in [0.5, 0.6) is 0 Å². The van der Waals surface area contributed by atoms with Gasteiger partial charge in [0.1, 0.15) is 5.56 Å². The molecule has 7 heteroatoms. The van der Waals surface area contributed by atoms with Crippen LogP contribution in [0.25, 0.3) is 0 Å². The molecule has 26 heavy (non-hydrogen) atoms. The molecule has 0 radical (unpaired) electrons. The van der Waals surface area contributed by atoms with E-state index in [9.17, 15) is 14.4 Å². The summed E-state index contributed by atoms with van der Waals surface area (Å²) in [4.78, 5) is 37.2. The van der Waals surface area contributed by atoms with Gasteiger partial charge in [-0.3, -0.25) is 14.5 Å². The normalized spacial score (nSPS) is 13.0. The Morgan fingerprint density at radius 2 is 2.00 bits per heavy atom. The Balaban J connectivity index is 1.58. The lowest BCUT2D eigenvalue weighted by Crippen LogP contribution is -2.32. The Morgan fingerprint density at radius 1 is 1.23 bits per heavy atom. The third kappa shape index (κ3) is 3.75. The van der Waals surface area contributed by atoms with Crippen molar-refractivity contribution < 1.29 is 9.59 Å². The quantitative estimate of drug-likeness (QED) is 0.799. The van der Waals surface area contributed by atoms with Crippen LogP contribution in [0.15, 0.2) is 47.4 Å². The molecule has 1 aromatic carbocycles. The van der Waals surface area contributed by atoms with Gasteiger partial charge < -0.3 is 15.2 Å². The van der Waals surface area contributed by atoms with Gasteiger partial charge in [-0.1, -0.05) is 11.8 Å². The molecular weight excluding hydrogens is 332 g/mol. The molecule has 1 aliphatic rings.